The molecule has 0 radical (unpaired) electrons. The molecule has 0 spiro atoms. The Morgan fingerprint density at radius 1 is 1.29 bits per heavy atom. The Morgan fingerprint density at radius 3 is 2.47 bits per heavy atom. The van der Waals surface area contributed by atoms with Gasteiger partial charge in [-0.2, -0.15) is 11.8 Å². The third-order valence-electron chi connectivity index (χ3n) is 2.37. The van der Waals surface area contributed by atoms with Crippen molar-refractivity contribution in [2.24, 2.45) is 5.92 Å². The zero-order valence-electron chi connectivity index (χ0n) is 10.7. The van der Waals surface area contributed by atoms with Crippen molar-refractivity contribution in [3.63, 3.8) is 0 Å². The van der Waals surface area contributed by atoms with Crippen LogP contribution in [0.25, 0.3) is 0 Å². The average Bonchev–Trinajstić information content (AvgIpc) is 2.25. The summed E-state index contributed by atoms with van der Waals surface area (Å²) < 4.78 is 0. The van der Waals surface area contributed by atoms with Crippen LogP contribution < -0.4 is 10.6 Å². The number of aliphatic carboxylic acids is 1. The number of carbonyl (C=O) groups excluding carboxylic acids is 1. The number of hydrogen-bond acceptors (Lipinski definition) is 3. The summed E-state index contributed by atoms with van der Waals surface area (Å²) in [6, 6.07) is -0.226. The largest absolute Gasteiger partial charge is 0.481 e. The summed E-state index contributed by atoms with van der Waals surface area (Å²) in [5, 5.41) is 14.5. The number of amides is 2. The van der Waals surface area contributed by atoms with Crippen LogP contribution in [0.2, 0.25) is 0 Å². The molecule has 0 saturated carbocycles. The summed E-state index contributed by atoms with van der Waals surface area (Å²) in [5.41, 5.74) is 0. The van der Waals surface area contributed by atoms with Gasteiger partial charge in [-0.15, -0.1) is 0 Å². The molecule has 5 nitrogen and oxygen atoms in total. The molecular formula is C11H22N2O3S. The summed E-state index contributed by atoms with van der Waals surface area (Å²) in [7, 11) is 0. The van der Waals surface area contributed by atoms with Gasteiger partial charge in [-0.3, -0.25) is 4.79 Å². The highest BCUT2D eigenvalue weighted by Gasteiger charge is 2.09. The molecule has 0 heterocycles. The molecule has 2 atom stereocenters. The van der Waals surface area contributed by atoms with Crippen molar-refractivity contribution in [2.45, 2.75) is 31.9 Å². The molecule has 0 saturated heterocycles. The quantitative estimate of drug-likeness (QED) is 0.620. The number of carboxylic acids is 1. The van der Waals surface area contributed by atoms with E-state index in [0.717, 1.165) is 6.42 Å². The molecule has 0 aliphatic heterocycles. The summed E-state index contributed by atoms with van der Waals surface area (Å²) in [5.74, 6) is -0.892. The molecule has 0 fully saturated rings. The van der Waals surface area contributed by atoms with Gasteiger partial charge in [0.1, 0.15) is 0 Å². The Balaban J connectivity index is 3.55. The van der Waals surface area contributed by atoms with Crippen molar-refractivity contribution in [3.05, 3.63) is 0 Å². The first-order chi connectivity index (χ1) is 7.95. The molecule has 0 aliphatic rings. The third kappa shape index (κ3) is 9.99. The molecule has 0 aliphatic carbocycles. The maximum Gasteiger partial charge on any atom is 0.314 e. The van der Waals surface area contributed by atoms with E-state index in [1.807, 2.05) is 6.26 Å². The number of rotatable bonds is 8. The number of carboxylic acid groups (broad SMARTS) is 1. The van der Waals surface area contributed by atoms with E-state index in [2.05, 4.69) is 17.6 Å². The summed E-state index contributed by atoms with van der Waals surface area (Å²) in [6.45, 7) is 4.93. The first kappa shape index (κ1) is 16.1. The minimum atomic E-state index is -0.839. The van der Waals surface area contributed by atoms with Gasteiger partial charge in [-0.1, -0.05) is 13.8 Å². The van der Waals surface area contributed by atoms with Crippen molar-refractivity contribution < 1.29 is 14.7 Å². The fraction of sp³-hybridized carbons (Fsp3) is 0.818. The summed E-state index contributed by atoms with van der Waals surface area (Å²) in [6.07, 6.45) is 3.04. The van der Waals surface area contributed by atoms with Gasteiger partial charge in [0.15, 0.2) is 0 Å². The van der Waals surface area contributed by atoms with Crippen LogP contribution in [0, 0.1) is 5.92 Å². The first-order valence-corrected chi connectivity index (χ1v) is 7.00. The second-order valence-corrected chi connectivity index (χ2v) is 5.45. The van der Waals surface area contributed by atoms with Crippen molar-refractivity contribution in [1.29, 1.82) is 0 Å². The van der Waals surface area contributed by atoms with Crippen LogP contribution in [-0.2, 0) is 4.79 Å². The number of carbonyl (C=O) groups is 2. The Kier molecular flexibility index (Phi) is 8.66. The van der Waals surface area contributed by atoms with Crippen molar-refractivity contribution >= 4 is 23.8 Å². The second kappa shape index (κ2) is 9.15. The van der Waals surface area contributed by atoms with Crippen LogP contribution in [0.5, 0.6) is 0 Å². The van der Waals surface area contributed by atoms with Crippen LogP contribution in [0.15, 0.2) is 0 Å². The standard InChI is InChI=1S/C11H22N2O3S/c1-8(6-10(14)15)7-13-11(16)12-5-4-9(2)17-3/h8-9H,4-7H2,1-3H3,(H,14,15)(H2,12,13,16). The molecule has 6 heteroatoms. The SMILES string of the molecule is CSC(C)CCNC(=O)NCC(C)CC(=O)O. The number of thioether (sulfide) groups is 1. The molecule has 0 aromatic carbocycles. The minimum Gasteiger partial charge on any atom is -0.481 e. The minimum absolute atomic E-state index is 0.0524. The average molecular weight is 262 g/mol. The van der Waals surface area contributed by atoms with Gasteiger partial charge >= 0.3 is 12.0 Å². The van der Waals surface area contributed by atoms with Crippen molar-refractivity contribution in [3.8, 4) is 0 Å². The fourth-order valence-corrected chi connectivity index (χ4v) is 1.56. The lowest BCUT2D eigenvalue weighted by atomic mass is 10.1. The van der Waals surface area contributed by atoms with Gasteiger partial charge in [-0.05, 0) is 18.6 Å². The van der Waals surface area contributed by atoms with E-state index in [1.54, 1.807) is 18.7 Å². The van der Waals surface area contributed by atoms with Gasteiger partial charge in [0.2, 0.25) is 0 Å². The van der Waals surface area contributed by atoms with E-state index in [9.17, 15) is 9.59 Å². The fourth-order valence-electron chi connectivity index (χ4n) is 1.21. The monoisotopic (exact) mass is 262 g/mol. The van der Waals surface area contributed by atoms with Crippen molar-refractivity contribution in [1.82, 2.24) is 10.6 Å². The van der Waals surface area contributed by atoms with E-state index in [0.29, 0.717) is 18.3 Å². The van der Waals surface area contributed by atoms with E-state index in [-0.39, 0.29) is 18.4 Å². The molecular weight excluding hydrogens is 240 g/mol. The van der Waals surface area contributed by atoms with Crippen LogP contribution in [0.1, 0.15) is 26.7 Å². The predicted molar refractivity (Wildman–Crippen MR) is 70.4 cm³/mol. The molecule has 100 valence electrons. The van der Waals surface area contributed by atoms with E-state index in [1.165, 1.54) is 0 Å². The maximum atomic E-state index is 11.3. The molecule has 0 bridgehead atoms. The molecule has 17 heavy (non-hydrogen) atoms. The normalized spacial score (nSPS) is 13.8. The molecule has 0 rings (SSSR count). The molecule has 3 N–H and O–H groups in total. The van der Waals surface area contributed by atoms with Gasteiger partial charge in [0, 0.05) is 24.8 Å². The Labute approximate surface area is 107 Å². The van der Waals surface area contributed by atoms with Crippen LogP contribution in [0.4, 0.5) is 4.79 Å². The zero-order chi connectivity index (χ0) is 13.3. The Hall–Kier alpha value is -0.910. The maximum absolute atomic E-state index is 11.3. The topological polar surface area (TPSA) is 78.4 Å². The predicted octanol–water partition coefficient (Wildman–Crippen LogP) is 1.54. The van der Waals surface area contributed by atoms with E-state index in [4.69, 9.17) is 5.11 Å². The summed E-state index contributed by atoms with van der Waals surface area (Å²) in [4.78, 5) is 21.7. The van der Waals surface area contributed by atoms with Gasteiger partial charge < -0.3 is 15.7 Å². The smallest absolute Gasteiger partial charge is 0.314 e. The van der Waals surface area contributed by atoms with Gasteiger partial charge in [0.05, 0.1) is 0 Å². The van der Waals surface area contributed by atoms with Gasteiger partial charge in [0.25, 0.3) is 0 Å². The number of urea groups is 1. The third-order valence-corrected chi connectivity index (χ3v) is 3.41. The highest BCUT2D eigenvalue weighted by atomic mass is 32.2. The van der Waals surface area contributed by atoms with E-state index >= 15 is 0 Å². The molecule has 0 aromatic rings. The van der Waals surface area contributed by atoms with Crippen LogP contribution >= 0.6 is 11.8 Å². The van der Waals surface area contributed by atoms with Crippen LogP contribution in [-0.4, -0.2) is 41.7 Å². The van der Waals surface area contributed by atoms with Gasteiger partial charge in [-0.25, -0.2) is 4.79 Å². The lowest BCUT2D eigenvalue weighted by molar-refractivity contribution is -0.137. The molecule has 2 amide bonds. The second-order valence-electron chi connectivity index (χ2n) is 4.17. The summed E-state index contributed by atoms with van der Waals surface area (Å²) >= 11 is 1.76. The molecule has 0 aromatic heterocycles. The van der Waals surface area contributed by atoms with Crippen LogP contribution in [0.3, 0.4) is 0 Å². The van der Waals surface area contributed by atoms with Crippen molar-refractivity contribution in [2.75, 3.05) is 19.3 Å². The zero-order valence-corrected chi connectivity index (χ0v) is 11.5. The number of nitrogens with one attached hydrogen (secondary N) is 2. The Bertz CT molecular complexity index is 249. The molecule has 2 unspecified atom stereocenters. The lowest BCUT2D eigenvalue weighted by Gasteiger charge is -2.12. The Morgan fingerprint density at radius 2 is 1.94 bits per heavy atom. The first-order valence-electron chi connectivity index (χ1n) is 5.72. The number of hydrogen-bond donors (Lipinski definition) is 3. The lowest BCUT2D eigenvalue weighted by Crippen LogP contribution is -2.39. The highest BCUT2D eigenvalue weighted by molar-refractivity contribution is 7.99. The highest BCUT2D eigenvalue weighted by Crippen LogP contribution is 2.07. The van der Waals surface area contributed by atoms with E-state index < -0.39 is 5.97 Å².